The monoisotopic (exact) mass is 372 g/mol. The number of hydrogen-bond donors (Lipinski definition) is 1. The van der Waals surface area contributed by atoms with Gasteiger partial charge in [0.1, 0.15) is 5.78 Å². The van der Waals surface area contributed by atoms with Gasteiger partial charge in [-0.2, -0.15) is 0 Å². The lowest BCUT2D eigenvalue weighted by molar-refractivity contribution is -0.133. The number of aliphatic hydroxyl groups is 1. The van der Waals surface area contributed by atoms with Gasteiger partial charge in [0.2, 0.25) is 0 Å². The van der Waals surface area contributed by atoms with E-state index in [-0.39, 0.29) is 0 Å². The predicted octanol–water partition coefficient (Wildman–Crippen LogP) is 5.77. The first-order valence-electron chi connectivity index (χ1n) is 12.1. The molecule has 0 aromatic carbocycles. The van der Waals surface area contributed by atoms with Crippen LogP contribution in [0.5, 0.6) is 0 Å². The van der Waals surface area contributed by atoms with Crippen molar-refractivity contribution in [2.45, 2.75) is 103 Å². The fourth-order valence-electron chi connectivity index (χ4n) is 8.73. The third-order valence-electron chi connectivity index (χ3n) is 10.3. The SMILES string of the molecule is C[C@@]1(O)CCC2[C@H](CC[C@@H]3[C@@H]2CC[C@]2(C)[C@@H](C(=O)CC4CCC4)CC[C@@H]32)C1. The van der Waals surface area contributed by atoms with Crippen molar-refractivity contribution in [3.63, 3.8) is 0 Å². The van der Waals surface area contributed by atoms with Crippen molar-refractivity contribution in [1.82, 2.24) is 0 Å². The van der Waals surface area contributed by atoms with Gasteiger partial charge in [0.15, 0.2) is 0 Å². The average Bonchev–Trinajstić information content (AvgIpc) is 2.94. The molecule has 27 heavy (non-hydrogen) atoms. The van der Waals surface area contributed by atoms with E-state index < -0.39 is 5.60 Å². The third kappa shape index (κ3) is 3.04. The van der Waals surface area contributed by atoms with E-state index in [9.17, 15) is 9.90 Å². The molecule has 2 heteroatoms. The Bertz CT molecular complexity index is 591. The van der Waals surface area contributed by atoms with Gasteiger partial charge in [-0.1, -0.05) is 26.2 Å². The van der Waals surface area contributed by atoms with E-state index in [0.29, 0.717) is 17.1 Å². The van der Waals surface area contributed by atoms with Crippen molar-refractivity contribution in [2.24, 2.45) is 46.8 Å². The van der Waals surface area contributed by atoms with Crippen molar-refractivity contribution >= 4 is 5.78 Å². The molecular weight excluding hydrogens is 332 g/mol. The maximum Gasteiger partial charge on any atom is 0.136 e. The molecule has 0 aliphatic heterocycles. The second-order valence-corrected chi connectivity index (χ2v) is 11.8. The van der Waals surface area contributed by atoms with Crippen LogP contribution in [0.25, 0.3) is 0 Å². The summed E-state index contributed by atoms with van der Waals surface area (Å²) in [5.41, 5.74) is -0.113. The number of fused-ring (bicyclic) bond motifs is 5. The average molecular weight is 373 g/mol. The number of Topliss-reactive ketones (excluding diaryl/α,β-unsaturated/α-hetero) is 1. The fourth-order valence-corrected chi connectivity index (χ4v) is 8.73. The van der Waals surface area contributed by atoms with Gasteiger partial charge in [-0.3, -0.25) is 4.79 Å². The Morgan fingerprint density at radius 1 is 0.889 bits per heavy atom. The van der Waals surface area contributed by atoms with Gasteiger partial charge >= 0.3 is 0 Å². The second-order valence-electron chi connectivity index (χ2n) is 11.8. The van der Waals surface area contributed by atoms with Crippen LogP contribution in [0, 0.1) is 46.8 Å². The van der Waals surface area contributed by atoms with E-state index in [2.05, 4.69) is 13.8 Å². The van der Waals surface area contributed by atoms with Gasteiger partial charge < -0.3 is 5.11 Å². The van der Waals surface area contributed by atoms with Crippen LogP contribution in [-0.4, -0.2) is 16.5 Å². The Morgan fingerprint density at radius 2 is 1.67 bits per heavy atom. The Balaban J connectivity index is 1.31. The Morgan fingerprint density at radius 3 is 2.41 bits per heavy atom. The summed E-state index contributed by atoms with van der Waals surface area (Å²) in [4.78, 5) is 13.1. The van der Waals surface area contributed by atoms with Crippen LogP contribution in [-0.2, 0) is 4.79 Å². The van der Waals surface area contributed by atoms with Crippen LogP contribution in [0.15, 0.2) is 0 Å². The van der Waals surface area contributed by atoms with Crippen LogP contribution < -0.4 is 0 Å². The molecule has 5 fully saturated rings. The molecule has 2 nitrogen and oxygen atoms in total. The first-order chi connectivity index (χ1) is 12.9. The van der Waals surface area contributed by atoms with E-state index in [1.807, 2.05) is 0 Å². The molecule has 5 rings (SSSR count). The summed E-state index contributed by atoms with van der Waals surface area (Å²) in [7, 11) is 0. The summed E-state index contributed by atoms with van der Waals surface area (Å²) in [5.74, 6) is 5.90. The Hall–Kier alpha value is -0.370. The summed E-state index contributed by atoms with van der Waals surface area (Å²) in [6.07, 6.45) is 16.0. The van der Waals surface area contributed by atoms with E-state index >= 15 is 0 Å². The lowest BCUT2D eigenvalue weighted by atomic mass is 9.49. The van der Waals surface area contributed by atoms with Crippen molar-refractivity contribution in [3.05, 3.63) is 0 Å². The lowest BCUT2D eigenvalue weighted by Gasteiger charge is -2.57. The molecule has 5 aliphatic carbocycles. The highest BCUT2D eigenvalue weighted by atomic mass is 16.3. The van der Waals surface area contributed by atoms with Gasteiger partial charge in [0.25, 0.3) is 0 Å². The minimum atomic E-state index is -0.413. The number of hydrogen-bond acceptors (Lipinski definition) is 2. The first-order valence-corrected chi connectivity index (χ1v) is 12.1. The first kappa shape index (κ1) is 18.6. The van der Waals surface area contributed by atoms with Crippen molar-refractivity contribution < 1.29 is 9.90 Å². The highest BCUT2D eigenvalue weighted by molar-refractivity contribution is 5.82. The molecule has 0 spiro atoms. The standard InChI is InChI=1S/C25H40O2/c1-24(27)12-10-18-17(15-24)6-7-20-19(18)11-13-25(2)21(20)8-9-22(25)23(26)14-16-4-3-5-16/h16-22,27H,3-15H2,1-2H3/t17-,18?,19-,20-,21+,22-,24-,25+/m1/s1. The molecule has 0 heterocycles. The minimum Gasteiger partial charge on any atom is -0.390 e. The highest BCUT2D eigenvalue weighted by Crippen LogP contribution is 2.65. The Labute approximate surface area is 165 Å². The van der Waals surface area contributed by atoms with Gasteiger partial charge in [-0.05, 0) is 106 Å². The largest absolute Gasteiger partial charge is 0.390 e. The van der Waals surface area contributed by atoms with E-state index in [4.69, 9.17) is 0 Å². The fraction of sp³-hybridized carbons (Fsp3) is 0.960. The summed E-state index contributed by atoms with van der Waals surface area (Å²) < 4.78 is 0. The predicted molar refractivity (Wildman–Crippen MR) is 108 cm³/mol. The molecule has 0 bridgehead atoms. The highest BCUT2D eigenvalue weighted by Gasteiger charge is 2.58. The van der Waals surface area contributed by atoms with Crippen LogP contribution >= 0.6 is 0 Å². The van der Waals surface area contributed by atoms with Crippen LogP contribution in [0.4, 0.5) is 0 Å². The summed E-state index contributed by atoms with van der Waals surface area (Å²) >= 11 is 0. The minimum absolute atomic E-state index is 0.301. The number of rotatable bonds is 3. The number of carbonyl (C=O) groups is 1. The molecule has 1 N–H and O–H groups in total. The maximum atomic E-state index is 13.1. The zero-order valence-corrected chi connectivity index (χ0v) is 17.6. The van der Waals surface area contributed by atoms with Gasteiger partial charge in [-0.25, -0.2) is 0 Å². The topological polar surface area (TPSA) is 37.3 Å². The second kappa shape index (κ2) is 6.57. The van der Waals surface area contributed by atoms with Crippen molar-refractivity contribution in [3.8, 4) is 0 Å². The molecule has 152 valence electrons. The Kier molecular flexibility index (Phi) is 4.54. The van der Waals surface area contributed by atoms with E-state index in [0.717, 1.165) is 54.8 Å². The molecule has 0 aromatic heterocycles. The molecule has 5 saturated carbocycles. The smallest absolute Gasteiger partial charge is 0.136 e. The summed E-state index contributed by atoms with van der Waals surface area (Å²) in [6.45, 7) is 4.56. The number of ketones is 1. The van der Waals surface area contributed by atoms with E-state index in [1.54, 1.807) is 0 Å². The van der Waals surface area contributed by atoms with Crippen molar-refractivity contribution in [2.75, 3.05) is 0 Å². The molecule has 5 aliphatic rings. The normalized spacial score (nSPS) is 52.4. The maximum absolute atomic E-state index is 13.1. The van der Waals surface area contributed by atoms with Crippen LogP contribution in [0.3, 0.4) is 0 Å². The van der Waals surface area contributed by atoms with Crippen LogP contribution in [0.1, 0.15) is 97.3 Å². The molecule has 0 amide bonds. The molecular formula is C25H40O2. The molecule has 8 atom stereocenters. The summed E-state index contributed by atoms with van der Waals surface area (Å²) in [5, 5.41) is 10.6. The molecule has 1 unspecified atom stereocenters. The van der Waals surface area contributed by atoms with Crippen LogP contribution in [0.2, 0.25) is 0 Å². The zero-order valence-electron chi connectivity index (χ0n) is 17.6. The van der Waals surface area contributed by atoms with E-state index in [1.165, 1.54) is 64.2 Å². The molecule has 0 aromatic rings. The molecule has 0 radical (unpaired) electrons. The zero-order chi connectivity index (χ0) is 18.8. The number of carbonyl (C=O) groups excluding carboxylic acids is 1. The van der Waals surface area contributed by atoms with Gasteiger partial charge in [0, 0.05) is 12.3 Å². The third-order valence-corrected chi connectivity index (χ3v) is 10.3. The lowest BCUT2D eigenvalue weighted by Crippen LogP contribution is -2.51. The van der Waals surface area contributed by atoms with Gasteiger partial charge in [-0.15, -0.1) is 0 Å². The van der Waals surface area contributed by atoms with Gasteiger partial charge in [0.05, 0.1) is 5.60 Å². The van der Waals surface area contributed by atoms with Crippen molar-refractivity contribution in [1.29, 1.82) is 0 Å². The summed E-state index contributed by atoms with van der Waals surface area (Å²) in [6, 6.07) is 0. The molecule has 0 saturated heterocycles. The quantitative estimate of drug-likeness (QED) is 0.683.